The summed E-state index contributed by atoms with van der Waals surface area (Å²) >= 11 is 0. The van der Waals surface area contributed by atoms with Gasteiger partial charge in [-0.15, -0.1) is 0 Å². The summed E-state index contributed by atoms with van der Waals surface area (Å²) in [4.78, 5) is 28.3. The Bertz CT molecular complexity index is 298. The van der Waals surface area contributed by atoms with E-state index in [-0.39, 0.29) is 11.8 Å². The zero-order valence-corrected chi connectivity index (χ0v) is 14.5. The SMILES string of the molecule is CN(C)CCCNC(=O)C(C)(C)C(=O)NCCCN(C)C. The molecule has 124 valence electrons. The van der Waals surface area contributed by atoms with E-state index in [1.54, 1.807) is 13.8 Å². The number of carbonyl (C=O) groups is 2. The maximum Gasteiger partial charge on any atom is 0.235 e. The van der Waals surface area contributed by atoms with Crippen LogP contribution in [-0.2, 0) is 9.59 Å². The van der Waals surface area contributed by atoms with E-state index in [0.717, 1.165) is 25.9 Å². The van der Waals surface area contributed by atoms with Crippen molar-refractivity contribution in [1.29, 1.82) is 0 Å². The first-order valence-corrected chi connectivity index (χ1v) is 7.54. The lowest BCUT2D eigenvalue weighted by atomic mass is 9.91. The van der Waals surface area contributed by atoms with Gasteiger partial charge in [0.1, 0.15) is 5.41 Å². The minimum absolute atomic E-state index is 0.216. The summed E-state index contributed by atoms with van der Waals surface area (Å²) in [5.41, 5.74) is -1.03. The molecule has 2 N–H and O–H groups in total. The Morgan fingerprint density at radius 3 is 1.43 bits per heavy atom. The molecule has 0 aliphatic carbocycles. The fraction of sp³-hybridized carbons (Fsp3) is 0.867. The van der Waals surface area contributed by atoms with Crippen LogP contribution in [0.1, 0.15) is 26.7 Å². The van der Waals surface area contributed by atoms with Crippen molar-refractivity contribution in [3.8, 4) is 0 Å². The molecule has 0 aromatic carbocycles. The Balaban J connectivity index is 4.07. The van der Waals surface area contributed by atoms with Crippen LogP contribution in [0.2, 0.25) is 0 Å². The molecule has 0 atom stereocenters. The quantitative estimate of drug-likeness (QED) is 0.445. The van der Waals surface area contributed by atoms with Crippen molar-refractivity contribution < 1.29 is 9.59 Å². The van der Waals surface area contributed by atoms with E-state index in [1.165, 1.54) is 0 Å². The summed E-state index contributed by atoms with van der Waals surface area (Å²) in [6.07, 6.45) is 1.75. The maximum atomic E-state index is 12.1. The molecule has 0 unspecified atom stereocenters. The second kappa shape index (κ2) is 9.73. The van der Waals surface area contributed by atoms with Gasteiger partial charge in [0.15, 0.2) is 0 Å². The first kappa shape index (κ1) is 19.9. The van der Waals surface area contributed by atoms with Crippen LogP contribution < -0.4 is 10.6 Å². The third kappa shape index (κ3) is 8.67. The third-order valence-electron chi connectivity index (χ3n) is 3.27. The lowest BCUT2D eigenvalue weighted by molar-refractivity contribution is -0.141. The summed E-state index contributed by atoms with van der Waals surface area (Å²) in [5, 5.41) is 5.67. The highest BCUT2D eigenvalue weighted by atomic mass is 16.2. The van der Waals surface area contributed by atoms with Gasteiger partial charge in [0, 0.05) is 13.1 Å². The fourth-order valence-electron chi connectivity index (χ4n) is 1.74. The highest BCUT2D eigenvalue weighted by Gasteiger charge is 2.35. The fourth-order valence-corrected chi connectivity index (χ4v) is 1.74. The number of nitrogens with zero attached hydrogens (tertiary/aromatic N) is 2. The first-order chi connectivity index (χ1) is 9.67. The number of amides is 2. The Morgan fingerprint density at radius 2 is 1.14 bits per heavy atom. The average molecular weight is 300 g/mol. The normalized spacial score (nSPS) is 11.8. The van der Waals surface area contributed by atoms with Gasteiger partial charge in [-0.05, 0) is 68.0 Å². The zero-order valence-electron chi connectivity index (χ0n) is 14.5. The molecule has 6 nitrogen and oxygen atoms in total. The van der Waals surface area contributed by atoms with Crippen LogP contribution in [0, 0.1) is 5.41 Å². The Kier molecular flexibility index (Phi) is 9.21. The van der Waals surface area contributed by atoms with Gasteiger partial charge in [0.25, 0.3) is 0 Å². The molecule has 0 aliphatic rings. The smallest absolute Gasteiger partial charge is 0.235 e. The Morgan fingerprint density at radius 1 is 0.810 bits per heavy atom. The van der Waals surface area contributed by atoms with E-state index in [2.05, 4.69) is 20.4 Å². The number of hydrogen-bond donors (Lipinski definition) is 2. The predicted molar refractivity (Wildman–Crippen MR) is 86.1 cm³/mol. The first-order valence-electron chi connectivity index (χ1n) is 7.54. The molecule has 21 heavy (non-hydrogen) atoms. The van der Waals surface area contributed by atoms with Gasteiger partial charge < -0.3 is 20.4 Å². The summed E-state index contributed by atoms with van der Waals surface area (Å²) < 4.78 is 0. The van der Waals surface area contributed by atoms with Crippen LogP contribution >= 0.6 is 0 Å². The van der Waals surface area contributed by atoms with Gasteiger partial charge >= 0.3 is 0 Å². The number of rotatable bonds is 10. The molecule has 0 saturated carbocycles. The van der Waals surface area contributed by atoms with Crippen LogP contribution in [0.25, 0.3) is 0 Å². The van der Waals surface area contributed by atoms with Crippen molar-refractivity contribution in [2.24, 2.45) is 5.41 Å². The van der Waals surface area contributed by atoms with Crippen LogP contribution in [0.3, 0.4) is 0 Å². The lowest BCUT2D eigenvalue weighted by Crippen LogP contribution is -2.48. The topological polar surface area (TPSA) is 64.7 Å². The van der Waals surface area contributed by atoms with Crippen molar-refractivity contribution >= 4 is 11.8 Å². The van der Waals surface area contributed by atoms with Crippen LogP contribution in [-0.4, -0.2) is 76.0 Å². The molecule has 0 bridgehead atoms. The third-order valence-corrected chi connectivity index (χ3v) is 3.27. The van der Waals surface area contributed by atoms with E-state index >= 15 is 0 Å². The van der Waals surface area contributed by atoms with Gasteiger partial charge in [-0.1, -0.05) is 0 Å². The molecule has 2 amide bonds. The highest BCUT2D eigenvalue weighted by molar-refractivity contribution is 6.04. The number of hydrogen-bond acceptors (Lipinski definition) is 4. The van der Waals surface area contributed by atoms with Gasteiger partial charge in [0.05, 0.1) is 0 Å². The Labute approximate surface area is 129 Å². The second-order valence-corrected chi connectivity index (χ2v) is 6.45. The minimum Gasteiger partial charge on any atom is -0.355 e. The van der Waals surface area contributed by atoms with E-state index < -0.39 is 5.41 Å². The molecule has 0 saturated heterocycles. The van der Waals surface area contributed by atoms with Crippen LogP contribution in [0.5, 0.6) is 0 Å². The monoisotopic (exact) mass is 300 g/mol. The van der Waals surface area contributed by atoms with Crippen LogP contribution in [0.4, 0.5) is 0 Å². The lowest BCUT2D eigenvalue weighted by Gasteiger charge is -2.23. The standard InChI is InChI=1S/C15H32N4O2/c1-15(2,13(20)16-9-7-11-18(3)4)14(21)17-10-8-12-19(5)6/h7-12H2,1-6H3,(H,16,20)(H,17,21). The second-order valence-electron chi connectivity index (χ2n) is 6.45. The molecule has 0 aromatic heterocycles. The zero-order chi connectivity index (χ0) is 16.5. The van der Waals surface area contributed by atoms with Crippen LogP contribution in [0.15, 0.2) is 0 Å². The molecule has 0 heterocycles. The van der Waals surface area contributed by atoms with Gasteiger partial charge in [-0.3, -0.25) is 9.59 Å². The molecular weight excluding hydrogens is 268 g/mol. The summed E-state index contributed by atoms with van der Waals surface area (Å²) in [5.74, 6) is -0.433. The molecule has 0 rings (SSSR count). The molecule has 6 heteroatoms. The van der Waals surface area contributed by atoms with Gasteiger partial charge in [-0.25, -0.2) is 0 Å². The van der Waals surface area contributed by atoms with Crippen molar-refractivity contribution in [2.75, 3.05) is 54.4 Å². The van der Waals surface area contributed by atoms with Crippen molar-refractivity contribution in [2.45, 2.75) is 26.7 Å². The summed E-state index contributed by atoms with van der Waals surface area (Å²) in [7, 11) is 7.97. The Hall–Kier alpha value is -1.14. The molecule has 0 aliphatic heterocycles. The van der Waals surface area contributed by atoms with E-state index in [4.69, 9.17) is 0 Å². The van der Waals surface area contributed by atoms with Crippen molar-refractivity contribution in [3.63, 3.8) is 0 Å². The molecular formula is C15H32N4O2. The van der Waals surface area contributed by atoms with E-state index in [9.17, 15) is 9.59 Å². The summed E-state index contributed by atoms with van der Waals surface area (Å²) in [6.45, 7) is 6.34. The predicted octanol–water partition coefficient (Wildman–Crippen LogP) is 0.148. The van der Waals surface area contributed by atoms with E-state index in [1.807, 2.05) is 28.2 Å². The van der Waals surface area contributed by atoms with E-state index in [0.29, 0.717) is 13.1 Å². The van der Waals surface area contributed by atoms with Gasteiger partial charge in [0.2, 0.25) is 11.8 Å². The number of nitrogens with one attached hydrogen (secondary N) is 2. The molecule has 0 radical (unpaired) electrons. The largest absolute Gasteiger partial charge is 0.355 e. The molecule has 0 aromatic rings. The van der Waals surface area contributed by atoms with Crippen molar-refractivity contribution in [1.82, 2.24) is 20.4 Å². The highest BCUT2D eigenvalue weighted by Crippen LogP contribution is 2.15. The summed E-state index contributed by atoms with van der Waals surface area (Å²) in [6, 6.07) is 0. The van der Waals surface area contributed by atoms with Gasteiger partial charge in [-0.2, -0.15) is 0 Å². The average Bonchev–Trinajstić information content (AvgIpc) is 2.38. The molecule has 0 fully saturated rings. The molecule has 0 spiro atoms. The number of carbonyl (C=O) groups excluding carboxylic acids is 2. The van der Waals surface area contributed by atoms with Crippen molar-refractivity contribution in [3.05, 3.63) is 0 Å². The minimum atomic E-state index is -1.03. The maximum absolute atomic E-state index is 12.1.